The van der Waals surface area contributed by atoms with Gasteiger partial charge < -0.3 is 14.8 Å². The van der Waals surface area contributed by atoms with Crippen LogP contribution in [0.5, 0.6) is 0 Å². The molecule has 1 N–H and O–H groups in total. The van der Waals surface area contributed by atoms with Crippen molar-refractivity contribution in [2.24, 2.45) is 0 Å². The van der Waals surface area contributed by atoms with Crippen LogP contribution in [0.3, 0.4) is 0 Å². The van der Waals surface area contributed by atoms with Crippen molar-refractivity contribution < 1.29 is 5.21 Å². The third-order valence-electron chi connectivity index (χ3n) is 3.17. The van der Waals surface area contributed by atoms with Crippen LogP contribution in [-0.4, -0.2) is 9.61 Å². The Balaban J connectivity index is 2.03. The molecule has 4 nitrogen and oxygen atoms in total. The number of rotatable bonds is 2. The predicted octanol–water partition coefficient (Wildman–Crippen LogP) is 3.61. The Hall–Kier alpha value is -2.30. The standard InChI is InChI=1S/C15H13N2O2/c1-11-6-7-16-10-13(9-15(16)8-11)12-2-4-14(5-3-12)17(18)19/h2-10,18H,1H3/q-1. The first kappa shape index (κ1) is 11.8. The molecule has 0 amide bonds. The molecular weight excluding hydrogens is 240 g/mol. The molecule has 1 aromatic carbocycles. The Morgan fingerprint density at radius 3 is 2.47 bits per heavy atom. The van der Waals surface area contributed by atoms with Gasteiger partial charge in [-0.25, -0.2) is 0 Å². The summed E-state index contributed by atoms with van der Waals surface area (Å²) in [5.74, 6) is 0. The van der Waals surface area contributed by atoms with Crippen LogP contribution >= 0.6 is 0 Å². The first-order valence-electron chi connectivity index (χ1n) is 5.98. The summed E-state index contributed by atoms with van der Waals surface area (Å²) in [6.45, 7) is 2.06. The molecule has 0 aliphatic rings. The summed E-state index contributed by atoms with van der Waals surface area (Å²) in [6, 6.07) is 13.1. The van der Waals surface area contributed by atoms with Gasteiger partial charge in [0.1, 0.15) is 0 Å². The third-order valence-corrected chi connectivity index (χ3v) is 3.17. The molecule has 0 fully saturated rings. The molecule has 0 radical (unpaired) electrons. The van der Waals surface area contributed by atoms with Gasteiger partial charge in [0.25, 0.3) is 0 Å². The molecular formula is C15H13N2O2-. The van der Waals surface area contributed by atoms with Gasteiger partial charge in [0.15, 0.2) is 0 Å². The molecule has 0 unspecified atom stereocenters. The maximum Gasteiger partial charge on any atom is 0.0509 e. The fraction of sp³-hybridized carbons (Fsp3) is 0.0667. The smallest absolute Gasteiger partial charge is 0.0509 e. The van der Waals surface area contributed by atoms with Crippen LogP contribution in [0.4, 0.5) is 5.69 Å². The molecule has 3 rings (SSSR count). The number of aromatic nitrogens is 1. The lowest BCUT2D eigenvalue weighted by atomic mass is 10.1. The summed E-state index contributed by atoms with van der Waals surface area (Å²) >= 11 is 0. The third kappa shape index (κ3) is 2.19. The lowest BCUT2D eigenvalue weighted by Crippen LogP contribution is -2.06. The number of anilines is 1. The first-order valence-corrected chi connectivity index (χ1v) is 5.98. The first-order chi connectivity index (χ1) is 9.13. The summed E-state index contributed by atoms with van der Waals surface area (Å²) in [5, 5.41) is 19.4. The van der Waals surface area contributed by atoms with Crippen molar-refractivity contribution in [1.82, 2.24) is 4.40 Å². The summed E-state index contributed by atoms with van der Waals surface area (Å²) in [7, 11) is 0. The SMILES string of the molecule is Cc1ccn2cc(-c3ccc(N([O-])O)cc3)cc2c1. The Morgan fingerprint density at radius 2 is 1.79 bits per heavy atom. The van der Waals surface area contributed by atoms with E-state index in [2.05, 4.69) is 29.5 Å². The van der Waals surface area contributed by atoms with Crippen LogP contribution in [0.25, 0.3) is 16.6 Å². The highest BCUT2D eigenvalue weighted by atomic mass is 16.8. The maximum absolute atomic E-state index is 10.7. The number of pyridine rings is 1. The van der Waals surface area contributed by atoms with E-state index in [-0.39, 0.29) is 10.9 Å². The second-order valence-electron chi connectivity index (χ2n) is 4.58. The van der Waals surface area contributed by atoms with E-state index in [1.165, 1.54) is 5.56 Å². The van der Waals surface area contributed by atoms with Crippen molar-refractivity contribution in [3.05, 3.63) is 65.6 Å². The minimum atomic E-state index is -0.136. The average molecular weight is 253 g/mol. The molecule has 0 aliphatic carbocycles. The summed E-state index contributed by atoms with van der Waals surface area (Å²) in [5.41, 5.74) is 4.66. The number of aryl methyl sites for hydroxylation is 1. The van der Waals surface area contributed by atoms with Crippen molar-refractivity contribution in [1.29, 1.82) is 0 Å². The lowest BCUT2D eigenvalue weighted by Gasteiger charge is -2.21. The minimum absolute atomic E-state index is 0.136. The Kier molecular flexibility index (Phi) is 2.74. The molecule has 4 heteroatoms. The highest BCUT2D eigenvalue weighted by molar-refractivity contribution is 5.72. The summed E-state index contributed by atoms with van der Waals surface area (Å²) < 4.78 is 2.06. The van der Waals surface area contributed by atoms with E-state index in [4.69, 9.17) is 5.21 Å². The van der Waals surface area contributed by atoms with Gasteiger partial charge in [0.2, 0.25) is 0 Å². The summed E-state index contributed by atoms with van der Waals surface area (Å²) in [4.78, 5) is 0. The maximum atomic E-state index is 10.7. The van der Waals surface area contributed by atoms with Crippen LogP contribution in [-0.2, 0) is 0 Å². The minimum Gasteiger partial charge on any atom is -0.733 e. The Bertz CT molecular complexity index is 715. The molecule has 0 aliphatic heterocycles. The van der Waals surface area contributed by atoms with E-state index in [0.717, 1.165) is 16.6 Å². The van der Waals surface area contributed by atoms with E-state index in [9.17, 15) is 5.21 Å². The highest BCUT2D eigenvalue weighted by Crippen LogP contribution is 2.25. The quantitative estimate of drug-likeness (QED) is 0.710. The van der Waals surface area contributed by atoms with E-state index < -0.39 is 0 Å². The van der Waals surface area contributed by atoms with Gasteiger partial charge in [-0.2, -0.15) is 0 Å². The lowest BCUT2D eigenvalue weighted by molar-refractivity contribution is 0.296. The van der Waals surface area contributed by atoms with Gasteiger partial charge in [0, 0.05) is 23.5 Å². The monoisotopic (exact) mass is 253 g/mol. The zero-order valence-corrected chi connectivity index (χ0v) is 10.4. The van der Waals surface area contributed by atoms with Gasteiger partial charge >= 0.3 is 0 Å². The van der Waals surface area contributed by atoms with Crippen LogP contribution in [0.1, 0.15) is 5.56 Å². The van der Waals surface area contributed by atoms with Gasteiger partial charge in [-0.1, -0.05) is 12.1 Å². The van der Waals surface area contributed by atoms with Gasteiger partial charge in [-0.05, 0) is 48.4 Å². The molecule has 0 spiro atoms. The Labute approximate surface area is 110 Å². The van der Waals surface area contributed by atoms with E-state index >= 15 is 0 Å². The molecule has 0 saturated heterocycles. The molecule has 2 aromatic heterocycles. The van der Waals surface area contributed by atoms with Crippen LogP contribution in [0.2, 0.25) is 0 Å². The van der Waals surface area contributed by atoms with Crippen molar-refractivity contribution in [2.45, 2.75) is 6.92 Å². The molecule has 2 heterocycles. The van der Waals surface area contributed by atoms with Gasteiger partial charge in [-0.15, -0.1) is 0 Å². The van der Waals surface area contributed by atoms with Gasteiger partial charge in [-0.3, -0.25) is 5.21 Å². The zero-order valence-electron chi connectivity index (χ0n) is 10.4. The Morgan fingerprint density at radius 1 is 1.05 bits per heavy atom. The summed E-state index contributed by atoms with van der Waals surface area (Å²) in [6.07, 6.45) is 4.06. The van der Waals surface area contributed by atoms with Crippen molar-refractivity contribution in [2.75, 3.05) is 5.23 Å². The molecule has 0 bridgehead atoms. The zero-order chi connectivity index (χ0) is 13.4. The largest absolute Gasteiger partial charge is 0.733 e. The fourth-order valence-corrected chi connectivity index (χ4v) is 2.16. The van der Waals surface area contributed by atoms with Crippen LogP contribution in [0, 0.1) is 12.1 Å². The van der Waals surface area contributed by atoms with Crippen LogP contribution in [0.15, 0.2) is 54.9 Å². The van der Waals surface area contributed by atoms with Crippen molar-refractivity contribution in [3.8, 4) is 11.1 Å². The van der Waals surface area contributed by atoms with E-state index in [0.29, 0.717) is 0 Å². The molecule has 3 aromatic rings. The number of hydrogen-bond acceptors (Lipinski definition) is 3. The predicted molar refractivity (Wildman–Crippen MR) is 75.2 cm³/mol. The number of hydrogen-bond donors (Lipinski definition) is 1. The number of fused-ring (bicyclic) bond motifs is 1. The average Bonchev–Trinajstić information content (AvgIpc) is 2.81. The van der Waals surface area contributed by atoms with Gasteiger partial charge in [0.05, 0.1) is 5.69 Å². The van der Waals surface area contributed by atoms with Crippen molar-refractivity contribution in [3.63, 3.8) is 0 Å². The topological polar surface area (TPSA) is 50.9 Å². The molecule has 0 atom stereocenters. The number of benzene rings is 1. The molecule has 0 saturated carbocycles. The highest BCUT2D eigenvalue weighted by Gasteiger charge is 2.03. The van der Waals surface area contributed by atoms with E-state index in [1.807, 2.05) is 24.5 Å². The molecule has 19 heavy (non-hydrogen) atoms. The fourth-order valence-electron chi connectivity index (χ4n) is 2.16. The van der Waals surface area contributed by atoms with E-state index in [1.54, 1.807) is 12.1 Å². The second-order valence-corrected chi connectivity index (χ2v) is 4.58. The second kappa shape index (κ2) is 4.42. The number of nitrogens with zero attached hydrogens (tertiary/aromatic N) is 2. The van der Waals surface area contributed by atoms with Crippen molar-refractivity contribution >= 4 is 11.2 Å². The molecule has 96 valence electrons. The normalized spacial score (nSPS) is 10.9. The van der Waals surface area contributed by atoms with Crippen LogP contribution < -0.4 is 5.23 Å².